The summed E-state index contributed by atoms with van der Waals surface area (Å²) < 4.78 is 70.9. The van der Waals surface area contributed by atoms with E-state index in [2.05, 4.69) is 108 Å². The van der Waals surface area contributed by atoms with E-state index >= 15 is 17.6 Å². The van der Waals surface area contributed by atoms with Crippen LogP contribution in [0.1, 0.15) is 16.7 Å². The lowest BCUT2D eigenvalue weighted by Gasteiger charge is -2.31. The van der Waals surface area contributed by atoms with Crippen LogP contribution >= 0.6 is 0 Å². The van der Waals surface area contributed by atoms with Gasteiger partial charge in [-0.15, -0.1) is 0 Å². The van der Waals surface area contributed by atoms with Crippen molar-refractivity contribution in [2.24, 2.45) is 0 Å². The third kappa shape index (κ3) is 16.3. The van der Waals surface area contributed by atoms with E-state index in [-0.39, 0.29) is 0 Å². The van der Waals surface area contributed by atoms with E-state index in [1.54, 1.807) is 72.8 Å². The van der Waals surface area contributed by atoms with Crippen LogP contribution in [0.2, 0.25) is 0 Å². The molecule has 8 nitrogen and oxygen atoms in total. The number of anilines is 12. The number of nitrogens with zero attached hydrogens (tertiary/aromatic N) is 8. The van der Waals surface area contributed by atoms with Gasteiger partial charge in [-0.3, -0.25) is 0 Å². The zero-order valence-corrected chi connectivity index (χ0v) is 77.3. The smallest absolute Gasteiger partial charge is 0.187 e. The minimum Gasteiger partial charge on any atom is -0.307 e. The van der Waals surface area contributed by atoms with Gasteiger partial charge >= 0.3 is 0 Å². The average molecular weight is 1850 g/mol. The first-order valence-electron chi connectivity index (χ1n) is 47.3. The SMILES string of the molecule is N#Cc1cccc(N(c2c(F)cc(-c3ccccc3)cc2-c2ccccc2)c2ccc3ccc4c(N(c5cccc(C#N)c5)c5c(F)cc(-c6ccccc6)cc5-c5ccccc5)ccc5ccc2c3c54)c1.[C-]#[N+]c1ccc(N(c2c(F)cc(-c3ccccc3)cc2-c2ccccc2)c2ccc3ccc4c(N(c5ccc(C#N)cc5)c5c(F)cc(-c6ccccc6)cc5-c5ccccc5)ccc5ccc2c3c54)cc1. The van der Waals surface area contributed by atoms with E-state index in [1.807, 2.05) is 347 Å². The second-order valence-electron chi connectivity index (χ2n) is 35.5. The Morgan fingerprint density at radius 1 is 0.194 bits per heavy atom. The first kappa shape index (κ1) is 88.2. The standard InChI is InChI=1S/2C66H40F2N4/c1-70-52-28-32-54(33-29-52)72(66-58(47-20-12-5-13-21-47)39-51(41-60(66)68)45-16-8-3-9-17-45)62-37-27-49-24-34-55-61(36-26-48-25-35-56(62)64(49)63(48)55)71(53-30-22-43(42-69)23-31-53)65-57(46-18-10-4-11-19-46)38-50(40-59(65)67)44-14-6-2-7-15-44;67-59-39-51(45-17-5-1-6-18-45)37-57(47-21-9-3-10-22-47)65(59)71(53-25-13-15-43(35-53)41-69)61-33-29-49-28-32-56-62(34-30-50-27-31-55(61)63(49)64(50)56)72(54-26-14-16-44(36-54)42-70)66-58(48-23-11-4-12-24-48)38-52(40-60(66)68)46-19-7-2-8-20-46/h2-41H;1-40H. The summed E-state index contributed by atoms with van der Waals surface area (Å²) in [6.07, 6.45) is 0. The van der Waals surface area contributed by atoms with Crippen LogP contribution in [0.4, 0.5) is 91.5 Å². The van der Waals surface area contributed by atoms with Crippen LogP contribution in [0.5, 0.6) is 0 Å². The van der Waals surface area contributed by atoms with Gasteiger partial charge in [0.05, 0.1) is 87.0 Å². The Morgan fingerprint density at radius 3 is 0.667 bits per heavy atom. The monoisotopic (exact) mass is 1850 g/mol. The van der Waals surface area contributed by atoms with Crippen LogP contribution in [0.15, 0.2) is 485 Å². The summed E-state index contributed by atoms with van der Waals surface area (Å²) in [5, 5.41) is 41.4. The second-order valence-corrected chi connectivity index (χ2v) is 35.5. The van der Waals surface area contributed by atoms with E-state index < -0.39 is 23.3 Å². The second kappa shape index (κ2) is 38.0. The largest absolute Gasteiger partial charge is 0.307 e. The van der Waals surface area contributed by atoms with Crippen molar-refractivity contribution in [3.05, 3.63) is 537 Å². The zero-order chi connectivity index (χ0) is 97.4. The fourth-order valence-electron chi connectivity index (χ4n) is 20.5. The summed E-state index contributed by atoms with van der Waals surface area (Å²) in [5.74, 6) is -1.70. The molecule has 0 aliphatic heterocycles. The molecule has 0 bridgehead atoms. The van der Waals surface area contributed by atoms with Crippen molar-refractivity contribution in [1.29, 1.82) is 15.8 Å². The highest BCUT2D eigenvalue weighted by Gasteiger charge is 2.33. The summed E-state index contributed by atoms with van der Waals surface area (Å²) in [6, 6.07) is 162. The highest BCUT2D eigenvalue weighted by atomic mass is 19.1. The summed E-state index contributed by atoms with van der Waals surface area (Å²) in [7, 11) is 0. The fraction of sp³-hybridized carbons (Fsp3) is 0. The maximum Gasteiger partial charge on any atom is 0.187 e. The summed E-state index contributed by atoms with van der Waals surface area (Å²) in [4.78, 5) is 11.5. The number of hydrogen-bond donors (Lipinski definition) is 0. The molecule has 0 saturated carbocycles. The van der Waals surface area contributed by atoms with Crippen molar-refractivity contribution < 1.29 is 17.6 Å². The Kier molecular flexibility index (Phi) is 23.3. The van der Waals surface area contributed by atoms with Crippen molar-refractivity contribution in [3.8, 4) is 107 Å². The van der Waals surface area contributed by atoms with Gasteiger partial charge in [-0.2, -0.15) is 15.8 Å². The summed E-state index contributed by atoms with van der Waals surface area (Å²) in [6.45, 7) is 7.77. The molecule has 0 aromatic heterocycles. The van der Waals surface area contributed by atoms with Crippen LogP contribution in [0, 0.1) is 63.8 Å². The molecule has 0 unspecified atom stereocenters. The van der Waals surface area contributed by atoms with Crippen LogP contribution in [0.25, 0.3) is 158 Å². The van der Waals surface area contributed by atoms with E-state index in [0.717, 1.165) is 143 Å². The highest BCUT2D eigenvalue weighted by molar-refractivity contribution is 6.30. The molecule has 0 aliphatic rings. The van der Waals surface area contributed by atoms with Crippen LogP contribution < -0.4 is 19.6 Å². The Bertz CT molecular complexity index is 8680. The quantitative estimate of drug-likeness (QED) is 0.0427. The Labute approximate surface area is 829 Å². The average Bonchev–Trinajstić information content (AvgIpc) is 0.714. The van der Waals surface area contributed by atoms with E-state index in [0.29, 0.717) is 102 Å². The minimum atomic E-state index is -0.435. The predicted octanol–water partition coefficient (Wildman–Crippen LogP) is 37.1. The molecule has 0 atom stereocenters. The normalized spacial score (nSPS) is 11.2. The van der Waals surface area contributed by atoms with Gasteiger partial charge < -0.3 is 19.6 Å². The zero-order valence-electron chi connectivity index (χ0n) is 77.3. The molecule has 0 N–H and O–H groups in total. The van der Waals surface area contributed by atoms with Gasteiger partial charge in [-0.25, -0.2) is 22.4 Å². The van der Waals surface area contributed by atoms with E-state index in [9.17, 15) is 15.8 Å². The molecule has 0 heterocycles. The lowest BCUT2D eigenvalue weighted by Crippen LogP contribution is -2.15. The van der Waals surface area contributed by atoms with E-state index in [1.165, 1.54) is 0 Å². The molecule has 0 spiro atoms. The highest BCUT2D eigenvalue weighted by Crippen LogP contribution is 2.57. The minimum absolute atomic E-state index is 0.332. The molecule has 0 fully saturated rings. The van der Waals surface area contributed by atoms with Gasteiger partial charge in [-0.05, 0) is 255 Å². The van der Waals surface area contributed by atoms with Crippen molar-refractivity contribution in [1.82, 2.24) is 0 Å². The first-order chi connectivity index (χ1) is 70.9. The topological polar surface area (TPSA) is 88.7 Å². The predicted molar refractivity (Wildman–Crippen MR) is 583 cm³/mol. The van der Waals surface area contributed by atoms with Gasteiger partial charge in [0, 0.05) is 66.5 Å². The molecule has 676 valence electrons. The van der Waals surface area contributed by atoms with Crippen molar-refractivity contribution in [2.75, 3.05) is 19.6 Å². The maximum atomic E-state index is 17.7. The van der Waals surface area contributed by atoms with Gasteiger partial charge in [0.25, 0.3) is 0 Å². The Balaban J connectivity index is 0.000000159. The van der Waals surface area contributed by atoms with Gasteiger partial charge in [0.1, 0.15) is 23.3 Å². The molecule has 0 radical (unpaired) electrons. The van der Waals surface area contributed by atoms with Crippen LogP contribution in [-0.2, 0) is 0 Å². The lowest BCUT2D eigenvalue weighted by atomic mass is 9.90. The van der Waals surface area contributed by atoms with Crippen molar-refractivity contribution >= 4 is 139 Å². The summed E-state index contributed by atoms with van der Waals surface area (Å²) >= 11 is 0. The Morgan fingerprint density at radius 2 is 0.424 bits per heavy atom. The van der Waals surface area contributed by atoms with Gasteiger partial charge in [0.15, 0.2) is 5.69 Å². The number of hydrogen-bond acceptors (Lipinski definition) is 7. The van der Waals surface area contributed by atoms with Crippen molar-refractivity contribution in [2.45, 2.75) is 0 Å². The molecule has 0 aliphatic carbocycles. The molecule has 144 heavy (non-hydrogen) atoms. The molecule has 24 rings (SSSR count). The Hall–Kier alpha value is -19.8. The molecule has 24 aromatic carbocycles. The number of nitriles is 3. The molecule has 24 aromatic rings. The molecular weight excluding hydrogens is 1770 g/mol. The van der Waals surface area contributed by atoms with Crippen LogP contribution in [-0.4, -0.2) is 0 Å². The molecule has 0 saturated heterocycles. The van der Waals surface area contributed by atoms with Gasteiger partial charge in [-0.1, -0.05) is 340 Å². The van der Waals surface area contributed by atoms with E-state index in [4.69, 9.17) is 6.57 Å². The summed E-state index contributed by atoms with van der Waals surface area (Å²) in [5.41, 5.74) is 21.2. The fourth-order valence-corrected chi connectivity index (χ4v) is 20.5. The third-order valence-corrected chi connectivity index (χ3v) is 27.1. The maximum absolute atomic E-state index is 17.7. The van der Waals surface area contributed by atoms with Crippen molar-refractivity contribution in [3.63, 3.8) is 0 Å². The number of halogens is 4. The number of benzene rings is 24. The first-order valence-corrected chi connectivity index (χ1v) is 47.3. The molecule has 0 amide bonds. The number of rotatable bonds is 20. The third-order valence-electron chi connectivity index (χ3n) is 27.1. The van der Waals surface area contributed by atoms with Crippen LogP contribution in [0.3, 0.4) is 0 Å². The van der Waals surface area contributed by atoms with Gasteiger partial charge in [0.2, 0.25) is 0 Å². The lowest BCUT2D eigenvalue weighted by molar-refractivity contribution is 0.629. The molecule has 12 heteroatoms. The molecular formula is C132H80F4N8.